The molecule has 5 nitrogen and oxygen atoms in total. The molecule has 2 N–H and O–H groups in total. The van der Waals surface area contributed by atoms with E-state index in [0.717, 1.165) is 5.69 Å². The van der Waals surface area contributed by atoms with Crippen molar-refractivity contribution < 1.29 is 4.79 Å². The topological polar surface area (TPSA) is 73.8 Å². The summed E-state index contributed by atoms with van der Waals surface area (Å²) in [6, 6.07) is 0. The number of anilines is 1. The van der Waals surface area contributed by atoms with Gasteiger partial charge in [-0.15, -0.1) is 11.6 Å². The Morgan fingerprint density at radius 2 is 2.26 bits per heavy atom. The molecule has 0 fully saturated rings. The number of rotatable bonds is 4. The first-order valence-electron chi connectivity index (χ1n) is 7.28. The van der Waals surface area contributed by atoms with Gasteiger partial charge in [-0.1, -0.05) is 29.3 Å². The Morgan fingerprint density at radius 3 is 2.96 bits per heavy atom. The lowest BCUT2D eigenvalue weighted by Crippen LogP contribution is -2.25. The molecule has 0 aliphatic heterocycles. The molecule has 0 saturated carbocycles. The zero-order valence-corrected chi connectivity index (χ0v) is 14.5. The van der Waals surface area contributed by atoms with E-state index in [1.165, 1.54) is 0 Å². The standard InChI is InChI=1S/C15H15Cl3N4O/c16-5-6-22-15-9(7-20-22)13(19)12-10(21-15)3-1-8(14(12)23)2-4-11(17)18/h4,7-8H,1-3,5-6H2,(H2,19,21). The van der Waals surface area contributed by atoms with Crippen LogP contribution in [0.1, 0.15) is 28.9 Å². The highest BCUT2D eigenvalue weighted by Crippen LogP contribution is 2.34. The predicted molar refractivity (Wildman–Crippen MR) is 93.2 cm³/mol. The molecule has 0 radical (unpaired) electrons. The van der Waals surface area contributed by atoms with Gasteiger partial charge in [-0.25, -0.2) is 9.67 Å². The number of allylic oxidation sites excluding steroid dienone is 1. The normalized spacial score (nSPS) is 17.3. The minimum atomic E-state index is -0.172. The van der Waals surface area contributed by atoms with Crippen LogP contribution in [-0.4, -0.2) is 26.4 Å². The lowest BCUT2D eigenvalue weighted by Gasteiger charge is -2.23. The first-order valence-corrected chi connectivity index (χ1v) is 8.57. The Balaban J connectivity index is 2.04. The van der Waals surface area contributed by atoms with Crippen LogP contribution in [0.2, 0.25) is 0 Å². The van der Waals surface area contributed by atoms with Crippen LogP contribution in [-0.2, 0) is 13.0 Å². The Bertz CT molecular complexity index is 796. The maximum atomic E-state index is 12.7. The van der Waals surface area contributed by atoms with Gasteiger partial charge in [-0.05, 0) is 19.3 Å². The Kier molecular flexibility index (Phi) is 4.80. The van der Waals surface area contributed by atoms with Gasteiger partial charge in [-0.2, -0.15) is 5.10 Å². The van der Waals surface area contributed by atoms with Gasteiger partial charge in [0.25, 0.3) is 0 Å². The molecule has 1 atom stereocenters. The van der Waals surface area contributed by atoms with Crippen LogP contribution in [0.3, 0.4) is 0 Å². The van der Waals surface area contributed by atoms with Gasteiger partial charge >= 0.3 is 0 Å². The zero-order chi connectivity index (χ0) is 16.6. The maximum Gasteiger partial charge on any atom is 0.170 e. The molecular formula is C15H15Cl3N4O. The largest absolute Gasteiger partial charge is 0.397 e. The molecule has 2 heterocycles. The van der Waals surface area contributed by atoms with Gasteiger partial charge in [0.05, 0.1) is 35.1 Å². The minimum absolute atomic E-state index is 0.00548. The van der Waals surface area contributed by atoms with Gasteiger partial charge in [0.1, 0.15) is 4.49 Å². The second-order valence-electron chi connectivity index (χ2n) is 5.47. The van der Waals surface area contributed by atoms with Gasteiger partial charge in [0.2, 0.25) is 0 Å². The average Bonchev–Trinajstić information content (AvgIpc) is 2.90. The number of nitrogens with two attached hydrogens (primary N) is 1. The molecule has 8 heteroatoms. The van der Waals surface area contributed by atoms with Crippen molar-refractivity contribution in [3.63, 3.8) is 0 Å². The van der Waals surface area contributed by atoms with Crippen LogP contribution in [0.15, 0.2) is 16.8 Å². The molecule has 0 saturated heterocycles. The van der Waals surface area contributed by atoms with E-state index in [1.54, 1.807) is 17.0 Å². The first kappa shape index (κ1) is 16.6. The summed E-state index contributed by atoms with van der Waals surface area (Å²) in [4.78, 5) is 17.4. The smallest absolute Gasteiger partial charge is 0.170 e. The van der Waals surface area contributed by atoms with Crippen LogP contribution in [0.5, 0.6) is 0 Å². The zero-order valence-electron chi connectivity index (χ0n) is 12.2. The number of carbonyl (C=O) groups excluding carboxylic acids is 1. The van der Waals surface area contributed by atoms with Gasteiger partial charge in [0.15, 0.2) is 11.4 Å². The lowest BCUT2D eigenvalue weighted by atomic mass is 9.82. The number of hydrogen-bond donors (Lipinski definition) is 1. The van der Waals surface area contributed by atoms with Crippen LogP contribution >= 0.6 is 34.8 Å². The van der Waals surface area contributed by atoms with Gasteiger partial charge in [0, 0.05) is 11.8 Å². The number of halogens is 3. The van der Waals surface area contributed by atoms with Crippen LogP contribution in [0.4, 0.5) is 5.69 Å². The third-order valence-electron chi connectivity index (χ3n) is 4.10. The van der Waals surface area contributed by atoms with Crippen molar-refractivity contribution in [2.45, 2.75) is 25.8 Å². The lowest BCUT2D eigenvalue weighted by molar-refractivity contribution is 0.0903. The number of nitrogen functional groups attached to an aromatic ring is 1. The van der Waals surface area contributed by atoms with Crippen LogP contribution in [0, 0.1) is 5.92 Å². The molecule has 1 unspecified atom stereocenters. The number of alkyl halides is 1. The summed E-state index contributed by atoms with van der Waals surface area (Å²) >= 11 is 17.1. The summed E-state index contributed by atoms with van der Waals surface area (Å²) in [5.41, 5.74) is 8.61. The number of fused-ring (bicyclic) bond motifs is 2. The highest BCUT2D eigenvalue weighted by Gasteiger charge is 2.31. The van der Waals surface area contributed by atoms with E-state index in [4.69, 9.17) is 40.5 Å². The summed E-state index contributed by atoms with van der Waals surface area (Å²) in [5, 5.41) is 4.94. The molecular weight excluding hydrogens is 359 g/mol. The Morgan fingerprint density at radius 1 is 1.48 bits per heavy atom. The summed E-state index contributed by atoms with van der Waals surface area (Å²) in [7, 11) is 0. The van der Waals surface area contributed by atoms with Crippen molar-refractivity contribution in [3.05, 3.63) is 28.0 Å². The van der Waals surface area contributed by atoms with Crippen LogP contribution in [0.25, 0.3) is 11.0 Å². The van der Waals surface area contributed by atoms with E-state index >= 15 is 0 Å². The maximum absolute atomic E-state index is 12.7. The number of ketones is 1. The van der Waals surface area contributed by atoms with E-state index < -0.39 is 0 Å². The molecule has 0 aromatic carbocycles. The van der Waals surface area contributed by atoms with Crippen molar-refractivity contribution in [3.8, 4) is 0 Å². The number of aromatic nitrogens is 3. The number of hydrogen-bond acceptors (Lipinski definition) is 4. The molecule has 23 heavy (non-hydrogen) atoms. The van der Waals surface area contributed by atoms with Crippen molar-refractivity contribution in [2.75, 3.05) is 11.6 Å². The summed E-state index contributed by atoms with van der Waals surface area (Å²) < 4.78 is 1.89. The molecule has 122 valence electrons. The summed E-state index contributed by atoms with van der Waals surface area (Å²) in [6.07, 6.45) is 5.18. The molecule has 0 amide bonds. The van der Waals surface area contributed by atoms with Crippen molar-refractivity contribution in [1.29, 1.82) is 0 Å². The van der Waals surface area contributed by atoms with Gasteiger partial charge < -0.3 is 5.73 Å². The van der Waals surface area contributed by atoms with Crippen molar-refractivity contribution in [2.24, 2.45) is 5.92 Å². The van der Waals surface area contributed by atoms with E-state index in [-0.39, 0.29) is 16.2 Å². The number of pyridine rings is 1. The van der Waals surface area contributed by atoms with Crippen molar-refractivity contribution in [1.82, 2.24) is 14.8 Å². The summed E-state index contributed by atoms with van der Waals surface area (Å²) in [6.45, 7) is 0.547. The number of carbonyl (C=O) groups is 1. The molecule has 1 aliphatic rings. The fourth-order valence-corrected chi connectivity index (χ4v) is 3.30. The molecule has 1 aliphatic carbocycles. The summed E-state index contributed by atoms with van der Waals surface area (Å²) in [5.74, 6) is 0.255. The van der Waals surface area contributed by atoms with E-state index in [1.807, 2.05) is 0 Å². The second-order valence-corrected chi connectivity index (χ2v) is 6.86. The van der Waals surface area contributed by atoms with E-state index in [2.05, 4.69) is 10.1 Å². The van der Waals surface area contributed by atoms with Crippen molar-refractivity contribution >= 4 is 57.3 Å². The minimum Gasteiger partial charge on any atom is -0.397 e. The first-order chi connectivity index (χ1) is 11.0. The fraction of sp³-hybridized carbons (Fsp3) is 0.400. The van der Waals surface area contributed by atoms with E-state index in [9.17, 15) is 4.79 Å². The average molecular weight is 374 g/mol. The number of Topliss-reactive ketones (excluding diaryl/α,β-unsaturated/α-hetero) is 1. The van der Waals surface area contributed by atoms with Gasteiger partial charge in [-0.3, -0.25) is 4.79 Å². The number of nitrogens with zero attached hydrogens (tertiary/aromatic N) is 3. The number of aryl methyl sites for hydroxylation is 2. The quantitative estimate of drug-likeness (QED) is 0.829. The SMILES string of the molecule is Nc1c2c(nc3c1cnn3CCCl)CCC(CC=C(Cl)Cl)C2=O. The molecule has 2 aromatic heterocycles. The Hall–Kier alpha value is -1.30. The van der Waals surface area contributed by atoms with Crippen LogP contribution < -0.4 is 5.73 Å². The fourth-order valence-electron chi connectivity index (χ4n) is 2.96. The molecule has 2 aromatic rings. The Labute approximate surface area is 148 Å². The monoisotopic (exact) mass is 372 g/mol. The molecule has 0 bridgehead atoms. The van der Waals surface area contributed by atoms with E-state index in [0.29, 0.717) is 54.0 Å². The highest BCUT2D eigenvalue weighted by molar-refractivity contribution is 6.55. The third kappa shape index (κ3) is 3.05. The highest BCUT2D eigenvalue weighted by atomic mass is 35.5. The predicted octanol–water partition coefficient (Wildman–Crippen LogP) is 3.71. The molecule has 0 spiro atoms. The third-order valence-corrected chi connectivity index (χ3v) is 4.58. The molecule has 3 rings (SSSR count). The second kappa shape index (κ2) is 6.67.